The zero-order chi connectivity index (χ0) is 37.0. The summed E-state index contributed by atoms with van der Waals surface area (Å²) in [6, 6.07) is 53.0. The minimum Gasteiger partial charge on any atom is -0.484 e. The number of ether oxygens (including phenoxy) is 1. The lowest BCUT2D eigenvalue weighted by molar-refractivity contribution is 0.254. The first-order valence-electron chi connectivity index (χ1n) is 18.7. The van der Waals surface area contributed by atoms with E-state index in [1.54, 1.807) is 0 Å². The second kappa shape index (κ2) is 13.1. The van der Waals surface area contributed by atoms with Crippen LogP contribution in [0.5, 0.6) is 5.75 Å². The molecule has 0 saturated carbocycles. The Bertz CT molecular complexity index is 3010. The fourth-order valence-electron chi connectivity index (χ4n) is 7.86. The molecule has 2 aliphatic rings. The van der Waals surface area contributed by atoms with Gasteiger partial charge in [0, 0.05) is 38.8 Å². The molecule has 2 unspecified atom stereocenters. The van der Waals surface area contributed by atoms with Crippen LogP contribution in [0, 0.1) is 0 Å². The van der Waals surface area contributed by atoms with Gasteiger partial charge in [0.05, 0.1) is 5.92 Å². The van der Waals surface area contributed by atoms with E-state index in [0.717, 1.165) is 72.4 Å². The van der Waals surface area contributed by atoms with E-state index in [2.05, 4.69) is 72.8 Å². The molecule has 7 nitrogen and oxygen atoms in total. The van der Waals surface area contributed by atoms with E-state index >= 15 is 0 Å². The maximum atomic E-state index is 6.87. The number of hydrogen-bond donors (Lipinski definition) is 0. The van der Waals surface area contributed by atoms with Gasteiger partial charge in [-0.2, -0.15) is 0 Å². The molecule has 264 valence electrons. The number of rotatable bonds is 6. The van der Waals surface area contributed by atoms with Crippen molar-refractivity contribution in [3.8, 4) is 62.3 Å². The highest BCUT2D eigenvalue weighted by Gasteiger charge is 2.40. The minimum absolute atomic E-state index is 0.273. The minimum atomic E-state index is -0.368. The van der Waals surface area contributed by atoms with E-state index in [0.29, 0.717) is 28.9 Å². The average Bonchev–Trinajstić information content (AvgIpc) is 3.86. The van der Waals surface area contributed by atoms with Crippen molar-refractivity contribution in [3.63, 3.8) is 0 Å². The lowest BCUT2D eigenvalue weighted by atomic mass is 9.86. The van der Waals surface area contributed by atoms with Gasteiger partial charge in [0.25, 0.3) is 0 Å². The quantitative estimate of drug-likeness (QED) is 0.169. The van der Waals surface area contributed by atoms with Gasteiger partial charge in [-0.25, -0.2) is 24.9 Å². The van der Waals surface area contributed by atoms with E-state index in [4.69, 9.17) is 34.1 Å². The Morgan fingerprint density at radius 1 is 0.500 bits per heavy atom. The SMILES string of the molecule is C1=CC(c2nc(-c3ccccc3)c3oc4ccccc4c3n2)C2Oc3cccc(-c4nc(-c5ccccc5)nc(-c5cccc(-c6ccccc6)c5)n4)c3C2=C1. The highest BCUT2D eigenvalue weighted by Crippen LogP contribution is 2.49. The number of nitrogens with zero attached hydrogens (tertiary/aromatic N) is 5. The van der Waals surface area contributed by atoms with Gasteiger partial charge in [-0.1, -0.05) is 152 Å². The first kappa shape index (κ1) is 32.0. The molecule has 0 bridgehead atoms. The van der Waals surface area contributed by atoms with E-state index in [9.17, 15) is 0 Å². The molecule has 0 fully saturated rings. The van der Waals surface area contributed by atoms with E-state index in [-0.39, 0.29) is 12.0 Å². The zero-order valence-electron chi connectivity index (χ0n) is 30.0. The molecule has 0 spiro atoms. The second-order valence-electron chi connectivity index (χ2n) is 13.9. The van der Waals surface area contributed by atoms with Gasteiger partial charge in [0.1, 0.15) is 34.5 Å². The van der Waals surface area contributed by atoms with Gasteiger partial charge in [-0.3, -0.25) is 0 Å². The fourth-order valence-corrected chi connectivity index (χ4v) is 7.86. The topological polar surface area (TPSA) is 86.8 Å². The Morgan fingerprint density at radius 3 is 1.95 bits per heavy atom. The lowest BCUT2D eigenvalue weighted by Crippen LogP contribution is -2.25. The van der Waals surface area contributed by atoms with Crippen LogP contribution in [0.3, 0.4) is 0 Å². The predicted octanol–water partition coefficient (Wildman–Crippen LogP) is 11.4. The first-order valence-corrected chi connectivity index (χ1v) is 18.7. The van der Waals surface area contributed by atoms with Crippen LogP contribution in [-0.2, 0) is 0 Å². The second-order valence-corrected chi connectivity index (χ2v) is 13.9. The van der Waals surface area contributed by atoms with Crippen LogP contribution in [0.2, 0.25) is 0 Å². The number of fused-ring (bicyclic) bond motifs is 6. The van der Waals surface area contributed by atoms with Gasteiger partial charge in [0.15, 0.2) is 23.1 Å². The van der Waals surface area contributed by atoms with Crippen molar-refractivity contribution in [1.82, 2.24) is 24.9 Å². The molecular formula is C49H31N5O2. The molecule has 7 heteroatoms. The third kappa shape index (κ3) is 5.40. The molecule has 11 rings (SSSR count). The molecule has 0 radical (unpaired) electrons. The van der Waals surface area contributed by atoms with Crippen LogP contribution < -0.4 is 4.74 Å². The molecule has 1 aliphatic carbocycles. The summed E-state index contributed by atoms with van der Waals surface area (Å²) in [5, 5.41) is 0.950. The van der Waals surface area contributed by atoms with Crippen molar-refractivity contribution in [2.45, 2.75) is 12.0 Å². The summed E-state index contributed by atoms with van der Waals surface area (Å²) in [6.07, 6.45) is 5.97. The number of furan rings is 1. The standard InChI is InChI=1S/C49H31N5O2/c1-4-15-30(16-5-1)33-21-12-22-34(29-33)47-52-46(32-19-8-3-9-20-32)53-48(54-47)37-25-14-28-40-41(37)36-24-13-26-38(44(36)56-40)49-50-42(31-17-6-2-7-18-31)45-43(51-49)35-23-10-11-27-39(35)55-45/h1-29,38,44H. The van der Waals surface area contributed by atoms with E-state index < -0.39 is 0 Å². The molecule has 0 saturated heterocycles. The molecule has 4 heterocycles. The van der Waals surface area contributed by atoms with Gasteiger partial charge in [-0.05, 0) is 35.4 Å². The maximum absolute atomic E-state index is 6.87. The van der Waals surface area contributed by atoms with Crippen molar-refractivity contribution < 1.29 is 9.15 Å². The summed E-state index contributed by atoms with van der Waals surface area (Å²) in [7, 11) is 0. The fraction of sp³-hybridized carbons (Fsp3) is 0.0408. The Labute approximate surface area is 322 Å². The molecule has 3 aromatic heterocycles. The van der Waals surface area contributed by atoms with Crippen molar-refractivity contribution >= 4 is 27.6 Å². The van der Waals surface area contributed by atoms with Crippen molar-refractivity contribution in [2.24, 2.45) is 0 Å². The van der Waals surface area contributed by atoms with Gasteiger partial charge >= 0.3 is 0 Å². The Balaban J connectivity index is 1.04. The molecule has 2 atom stereocenters. The number of benzene rings is 6. The first-order chi connectivity index (χ1) is 27.7. The summed E-state index contributed by atoms with van der Waals surface area (Å²) in [4.78, 5) is 25.7. The van der Waals surface area contributed by atoms with Crippen LogP contribution in [0.15, 0.2) is 180 Å². The highest BCUT2D eigenvalue weighted by atomic mass is 16.5. The average molecular weight is 722 g/mol. The number of para-hydroxylation sites is 1. The van der Waals surface area contributed by atoms with Gasteiger partial charge < -0.3 is 9.15 Å². The molecule has 0 amide bonds. The highest BCUT2D eigenvalue weighted by molar-refractivity contribution is 6.06. The zero-order valence-corrected chi connectivity index (χ0v) is 30.0. The molecular weight excluding hydrogens is 691 g/mol. The summed E-state index contributed by atoms with van der Waals surface area (Å²) < 4.78 is 13.3. The molecule has 9 aromatic rings. The molecule has 0 N–H and O–H groups in total. The third-order valence-electron chi connectivity index (χ3n) is 10.5. The Kier molecular flexibility index (Phi) is 7.48. The summed E-state index contributed by atoms with van der Waals surface area (Å²) in [6.45, 7) is 0. The lowest BCUT2D eigenvalue weighted by Gasteiger charge is -2.23. The van der Waals surface area contributed by atoms with Crippen LogP contribution in [0.25, 0.3) is 84.2 Å². The van der Waals surface area contributed by atoms with E-state index in [1.165, 1.54) is 0 Å². The Hall–Kier alpha value is -7.51. The summed E-state index contributed by atoms with van der Waals surface area (Å²) in [5.74, 6) is 2.92. The van der Waals surface area contributed by atoms with E-state index in [1.807, 2.05) is 103 Å². The van der Waals surface area contributed by atoms with Crippen LogP contribution in [-0.4, -0.2) is 31.0 Å². The van der Waals surface area contributed by atoms with Crippen LogP contribution in [0.4, 0.5) is 0 Å². The molecule has 56 heavy (non-hydrogen) atoms. The van der Waals surface area contributed by atoms with Crippen molar-refractivity contribution in [3.05, 3.63) is 187 Å². The summed E-state index contributed by atoms with van der Waals surface area (Å²) in [5.41, 5.74) is 10.8. The third-order valence-corrected chi connectivity index (χ3v) is 10.5. The molecule has 6 aromatic carbocycles. The number of allylic oxidation sites excluding steroid dienone is 2. The Morgan fingerprint density at radius 2 is 1.14 bits per heavy atom. The number of hydrogen-bond acceptors (Lipinski definition) is 7. The number of aromatic nitrogens is 5. The maximum Gasteiger partial charge on any atom is 0.180 e. The van der Waals surface area contributed by atoms with Gasteiger partial charge in [-0.15, -0.1) is 0 Å². The molecule has 1 aliphatic heterocycles. The monoisotopic (exact) mass is 721 g/mol. The smallest absolute Gasteiger partial charge is 0.180 e. The predicted molar refractivity (Wildman–Crippen MR) is 221 cm³/mol. The van der Waals surface area contributed by atoms with Crippen molar-refractivity contribution in [2.75, 3.05) is 0 Å². The van der Waals surface area contributed by atoms with Gasteiger partial charge in [0.2, 0.25) is 0 Å². The van der Waals surface area contributed by atoms with Crippen molar-refractivity contribution in [1.29, 1.82) is 0 Å². The van der Waals surface area contributed by atoms with Crippen LogP contribution >= 0.6 is 0 Å². The van der Waals surface area contributed by atoms with Crippen LogP contribution in [0.1, 0.15) is 17.3 Å². The largest absolute Gasteiger partial charge is 0.484 e. The normalized spacial score (nSPS) is 15.7. The summed E-state index contributed by atoms with van der Waals surface area (Å²) >= 11 is 0.